The molecule has 5 nitrogen and oxygen atoms in total. The summed E-state index contributed by atoms with van der Waals surface area (Å²) in [6, 6.07) is 11.0. The maximum absolute atomic E-state index is 14.6. The van der Waals surface area contributed by atoms with E-state index in [0.717, 1.165) is 5.06 Å². The summed E-state index contributed by atoms with van der Waals surface area (Å²) in [5.74, 6) is -1.04. The van der Waals surface area contributed by atoms with Crippen molar-refractivity contribution in [1.29, 1.82) is 0 Å². The van der Waals surface area contributed by atoms with Crippen molar-refractivity contribution >= 4 is 39.2 Å². The average Bonchev–Trinajstić information content (AvgIpc) is 2.64. The van der Waals surface area contributed by atoms with Crippen LogP contribution in [0.15, 0.2) is 47.5 Å². The third kappa shape index (κ3) is 3.72. The Hall–Kier alpha value is -1.96. The van der Waals surface area contributed by atoms with Gasteiger partial charge in [-0.3, -0.25) is 15.0 Å². The van der Waals surface area contributed by atoms with Crippen molar-refractivity contribution in [2.45, 2.75) is 19.0 Å². The van der Waals surface area contributed by atoms with Crippen LogP contribution < -0.4 is 10.6 Å². The van der Waals surface area contributed by atoms with Crippen LogP contribution in [0.2, 0.25) is 5.02 Å². The van der Waals surface area contributed by atoms with Crippen LogP contribution in [0.3, 0.4) is 0 Å². The largest absolute Gasteiger partial charge is 0.466 e. The zero-order valence-electron chi connectivity index (χ0n) is 14.5. The monoisotopic (exact) mass is 454 g/mol. The summed E-state index contributed by atoms with van der Waals surface area (Å²) in [4.78, 5) is 16.7. The molecule has 0 spiro atoms. The number of ether oxygens (including phenoxy) is 1. The summed E-state index contributed by atoms with van der Waals surface area (Å²) in [5.41, 5.74) is -1.03. The number of alkyl halides is 1. The van der Waals surface area contributed by atoms with Crippen LogP contribution in [-0.2, 0) is 9.53 Å². The maximum Gasteiger partial charge on any atom is 0.310 e. The van der Waals surface area contributed by atoms with E-state index >= 15 is 0 Å². The minimum atomic E-state index is -1.38. The van der Waals surface area contributed by atoms with E-state index < -0.39 is 17.4 Å². The van der Waals surface area contributed by atoms with Gasteiger partial charge in [0.25, 0.3) is 0 Å². The minimum absolute atomic E-state index is 0.120. The number of hydrogen-bond donors (Lipinski definition) is 1. The van der Waals surface area contributed by atoms with E-state index in [4.69, 9.17) is 16.3 Å². The number of carbonyl (C=O) groups excluding carboxylic acids is 1. The van der Waals surface area contributed by atoms with Crippen LogP contribution >= 0.6 is 27.5 Å². The number of fused-ring (bicyclic) bond motifs is 1. The van der Waals surface area contributed by atoms with Crippen molar-refractivity contribution < 1.29 is 19.1 Å². The lowest BCUT2D eigenvalue weighted by Crippen LogP contribution is -2.55. The normalized spacial score (nSPS) is 18.7. The van der Waals surface area contributed by atoms with Gasteiger partial charge in [-0.05, 0) is 37.3 Å². The SMILES string of the molecule is CCOC(=O)CC1(CBr)N=c2ccc(Cl)cc2=C(c2ccccc2F)N1O. The molecule has 1 atom stereocenters. The van der Waals surface area contributed by atoms with Crippen molar-refractivity contribution in [2.75, 3.05) is 11.9 Å². The first-order valence-electron chi connectivity index (χ1n) is 8.27. The van der Waals surface area contributed by atoms with Gasteiger partial charge in [-0.15, -0.1) is 0 Å². The number of carbonyl (C=O) groups is 1. The molecule has 1 aliphatic rings. The predicted octanol–water partition coefficient (Wildman–Crippen LogP) is 3.00. The van der Waals surface area contributed by atoms with E-state index in [-0.39, 0.29) is 29.6 Å². The molecule has 0 aliphatic carbocycles. The highest BCUT2D eigenvalue weighted by Gasteiger charge is 2.42. The molecule has 142 valence electrons. The second-order valence-electron chi connectivity index (χ2n) is 6.01. The fraction of sp³-hybridized carbons (Fsp3) is 0.263. The van der Waals surface area contributed by atoms with E-state index in [1.807, 2.05) is 0 Å². The fourth-order valence-corrected chi connectivity index (χ4v) is 3.73. The van der Waals surface area contributed by atoms with Crippen molar-refractivity contribution in [3.05, 3.63) is 69.4 Å². The molecule has 1 N–H and O–H groups in total. The number of hydrogen-bond acceptors (Lipinski definition) is 5. The van der Waals surface area contributed by atoms with Crippen LogP contribution in [0.5, 0.6) is 0 Å². The first-order valence-corrected chi connectivity index (χ1v) is 9.77. The summed E-state index contributed by atoms with van der Waals surface area (Å²) in [5, 5.41) is 13.4. The molecule has 27 heavy (non-hydrogen) atoms. The quantitative estimate of drug-likeness (QED) is 0.556. The third-order valence-electron chi connectivity index (χ3n) is 4.22. The average molecular weight is 456 g/mol. The Bertz CT molecular complexity index is 1000. The van der Waals surface area contributed by atoms with Gasteiger partial charge in [-0.1, -0.05) is 39.7 Å². The Morgan fingerprint density at radius 3 is 2.78 bits per heavy atom. The lowest BCUT2D eigenvalue weighted by atomic mass is 10.00. The van der Waals surface area contributed by atoms with Gasteiger partial charge in [0.15, 0.2) is 5.66 Å². The molecular formula is C19H17BrClFN2O3. The number of benzene rings is 2. The summed E-state index contributed by atoms with van der Waals surface area (Å²) in [7, 11) is 0. The van der Waals surface area contributed by atoms with Crippen molar-refractivity contribution in [1.82, 2.24) is 5.06 Å². The first kappa shape index (κ1) is 19.8. The van der Waals surface area contributed by atoms with E-state index in [0.29, 0.717) is 15.6 Å². The minimum Gasteiger partial charge on any atom is -0.466 e. The Kier molecular flexibility index (Phi) is 5.83. The molecule has 0 aromatic heterocycles. The molecule has 0 saturated heterocycles. The van der Waals surface area contributed by atoms with Crippen molar-refractivity contribution in [2.24, 2.45) is 4.99 Å². The second kappa shape index (κ2) is 7.96. The molecule has 3 rings (SSSR count). The zero-order chi connectivity index (χ0) is 19.6. The summed E-state index contributed by atoms with van der Waals surface area (Å²) in [6.07, 6.45) is -0.220. The zero-order valence-corrected chi connectivity index (χ0v) is 16.8. The molecule has 0 fully saturated rings. The molecule has 2 aromatic carbocycles. The lowest BCUT2D eigenvalue weighted by Gasteiger charge is -2.39. The Morgan fingerprint density at radius 2 is 2.11 bits per heavy atom. The van der Waals surface area contributed by atoms with Crippen LogP contribution in [-0.4, -0.2) is 33.8 Å². The molecule has 1 heterocycles. The highest BCUT2D eigenvalue weighted by atomic mass is 79.9. The van der Waals surface area contributed by atoms with Gasteiger partial charge in [0.2, 0.25) is 0 Å². The number of halogens is 3. The van der Waals surface area contributed by atoms with Gasteiger partial charge in [0.05, 0.1) is 24.1 Å². The van der Waals surface area contributed by atoms with Crippen LogP contribution in [0.4, 0.5) is 4.39 Å². The van der Waals surface area contributed by atoms with Crippen molar-refractivity contribution in [3.63, 3.8) is 0 Å². The fourth-order valence-electron chi connectivity index (χ4n) is 2.99. The van der Waals surface area contributed by atoms with Gasteiger partial charge >= 0.3 is 5.97 Å². The number of hydroxylamine groups is 2. The number of rotatable bonds is 5. The first-order chi connectivity index (χ1) is 12.9. The van der Waals surface area contributed by atoms with E-state index in [9.17, 15) is 14.4 Å². The number of nitrogens with zero attached hydrogens (tertiary/aromatic N) is 2. The Morgan fingerprint density at radius 1 is 1.37 bits per heavy atom. The molecule has 2 aromatic rings. The molecule has 0 amide bonds. The maximum atomic E-state index is 14.6. The second-order valence-corrected chi connectivity index (χ2v) is 7.01. The predicted molar refractivity (Wildman–Crippen MR) is 103 cm³/mol. The van der Waals surface area contributed by atoms with Gasteiger partial charge < -0.3 is 4.74 Å². The molecule has 0 radical (unpaired) electrons. The Balaban J connectivity index is 2.29. The molecule has 0 bridgehead atoms. The van der Waals surface area contributed by atoms with Crippen LogP contribution in [0.1, 0.15) is 18.9 Å². The summed E-state index contributed by atoms with van der Waals surface area (Å²) < 4.78 is 19.6. The van der Waals surface area contributed by atoms with E-state index in [1.165, 1.54) is 6.07 Å². The molecule has 1 aliphatic heterocycles. The number of esters is 1. The topological polar surface area (TPSA) is 62.1 Å². The third-order valence-corrected chi connectivity index (χ3v) is 5.36. The molecule has 8 heteroatoms. The van der Waals surface area contributed by atoms with Crippen LogP contribution in [0, 0.1) is 5.82 Å². The standard InChI is InChI=1S/C19H17BrClFN2O3/c1-2-27-17(25)10-19(11-20)23-16-8-7-12(21)9-14(16)18(24(19)26)13-5-3-4-6-15(13)22/h3-9,26H,2,10-11H2,1H3. The van der Waals surface area contributed by atoms with Gasteiger partial charge in [-0.2, -0.15) is 0 Å². The highest BCUT2D eigenvalue weighted by molar-refractivity contribution is 9.09. The highest BCUT2D eigenvalue weighted by Crippen LogP contribution is 2.32. The molecular weight excluding hydrogens is 439 g/mol. The van der Waals surface area contributed by atoms with Crippen LogP contribution in [0.25, 0.3) is 5.70 Å². The Labute approximate surface area is 168 Å². The van der Waals surface area contributed by atoms with Gasteiger partial charge in [0, 0.05) is 21.1 Å². The van der Waals surface area contributed by atoms with Gasteiger partial charge in [0.1, 0.15) is 5.82 Å². The smallest absolute Gasteiger partial charge is 0.310 e. The summed E-state index contributed by atoms with van der Waals surface area (Å²) >= 11 is 9.45. The van der Waals surface area contributed by atoms with Crippen molar-refractivity contribution in [3.8, 4) is 0 Å². The summed E-state index contributed by atoms with van der Waals surface area (Å²) in [6.45, 7) is 1.90. The molecule has 0 saturated carbocycles. The van der Waals surface area contributed by atoms with Gasteiger partial charge in [-0.25, -0.2) is 9.45 Å². The van der Waals surface area contributed by atoms with E-state index in [2.05, 4.69) is 20.9 Å². The van der Waals surface area contributed by atoms with E-state index in [1.54, 1.807) is 43.3 Å². The lowest BCUT2D eigenvalue weighted by molar-refractivity contribution is -0.156. The molecule has 1 unspecified atom stereocenters.